The number of ether oxygens (including phenoxy) is 1. The van der Waals surface area contributed by atoms with Crippen molar-refractivity contribution in [1.29, 1.82) is 0 Å². The van der Waals surface area contributed by atoms with Gasteiger partial charge in [-0.05, 0) is 24.3 Å². The molecule has 1 aliphatic rings. The van der Waals surface area contributed by atoms with Crippen molar-refractivity contribution in [2.75, 3.05) is 6.61 Å². The third-order valence-corrected chi connectivity index (χ3v) is 2.02. The van der Waals surface area contributed by atoms with Crippen LogP contribution >= 0.6 is 0 Å². The Morgan fingerprint density at radius 1 is 1.43 bits per heavy atom. The summed E-state index contributed by atoms with van der Waals surface area (Å²) in [6, 6.07) is 4.38. The number of fused-ring (bicyclic) bond motifs is 1. The van der Waals surface area contributed by atoms with Crippen LogP contribution in [0, 0.1) is 0 Å². The lowest BCUT2D eigenvalue weighted by atomic mass is 10.1. The second-order valence-corrected chi connectivity index (χ2v) is 2.92. The Hall–Kier alpha value is -1.97. The van der Waals surface area contributed by atoms with E-state index in [1.807, 2.05) is 0 Å². The van der Waals surface area contributed by atoms with E-state index in [1.54, 1.807) is 6.07 Å². The van der Waals surface area contributed by atoms with Crippen LogP contribution in [0.3, 0.4) is 0 Å². The van der Waals surface area contributed by atoms with Crippen molar-refractivity contribution in [3.8, 4) is 5.75 Å². The van der Waals surface area contributed by atoms with Crippen LogP contribution in [0.15, 0.2) is 24.3 Å². The Bertz CT molecular complexity index is 420. The minimum Gasteiger partial charge on any atom is -0.507 e. The molecule has 0 radical (unpaired) electrons. The Kier molecular flexibility index (Phi) is 1.89. The number of rotatable bonds is 1. The number of aromatic carboxylic acids is 1. The number of aliphatic hydroxyl groups is 1. The number of aliphatic hydroxyl groups excluding tert-OH is 1. The third-order valence-electron chi connectivity index (χ3n) is 2.02. The number of hydrogen-bond donors (Lipinski definition) is 2. The fraction of sp³-hybridized carbons (Fsp3) is 0.100. The van der Waals surface area contributed by atoms with E-state index in [2.05, 4.69) is 0 Å². The molecule has 0 bridgehead atoms. The normalized spacial score (nSPS) is 13.9. The van der Waals surface area contributed by atoms with E-state index in [1.165, 1.54) is 18.2 Å². The predicted octanol–water partition coefficient (Wildman–Crippen LogP) is 1.68. The quantitative estimate of drug-likeness (QED) is 0.710. The monoisotopic (exact) mass is 192 g/mol. The topological polar surface area (TPSA) is 66.8 Å². The number of benzene rings is 1. The van der Waals surface area contributed by atoms with Crippen LogP contribution in [-0.4, -0.2) is 22.8 Å². The SMILES string of the molecule is O=C(O)c1ccc2c(c1)C(O)=CCO2. The van der Waals surface area contributed by atoms with Crippen molar-refractivity contribution in [3.63, 3.8) is 0 Å². The van der Waals surface area contributed by atoms with Crippen molar-refractivity contribution in [2.45, 2.75) is 0 Å². The second kappa shape index (κ2) is 3.06. The highest BCUT2D eigenvalue weighted by atomic mass is 16.5. The molecule has 0 atom stereocenters. The molecule has 14 heavy (non-hydrogen) atoms. The largest absolute Gasteiger partial charge is 0.507 e. The van der Waals surface area contributed by atoms with Crippen molar-refractivity contribution in [1.82, 2.24) is 0 Å². The zero-order chi connectivity index (χ0) is 10.1. The van der Waals surface area contributed by atoms with E-state index >= 15 is 0 Å². The summed E-state index contributed by atoms with van der Waals surface area (Å²) in [7, 11) is 0. The van der Waals surface area contributed by atoms with Crippen LogP contribution in [0.5, 0.6) is 5.75 Å². The lowest BCUT2D eigenvalue weighted by molar-refractivity contribution is 0.0697. The molecule has 2 N–H and O–H groups in total. The van der Waals surface area contributed by atoms with Crippen molar-refractivity contribution < 1.29 is 19.7 Å². The summed E-state index contributed by atoms with van der Waals surface area (Å²) in [5, 5.41) is 18.2. The first-order valence-corrected chi connectivity index (χ1v) is 4.08. The fourth-order valence-electron chi connectivity index (χ4n) is 1.31. The Balaban J connectivity index is 2.53. The predicted molar refractivity (Wildman–Crippen MR) is 49.5 cm³/mol. The van der Waals surface area contributed by atoms with Gasteiger partial charge in [0, 0.05) is 0 Å². The molecule has 0 spiro atoms. The molecule has 4 nitrogen and oxygen atoms in total. The maximum absolute atomic E-state index is 10.7. The highest BCUT2D eigenvalue weighted by Gasteiger charge is 2.15. The van der Waals surface area contributed by atoms with Gasteiger partial charge in [0.1, 0.15) is 18.1 Å². The fourth-order valence-corrected chi connectivity index (χ4v) is 1.31. The summed E-state index contributed by atoms with van der Waals surface area (Å²) >= 11 is 0. The van der Waals surface area contributed by atoms with Gasteiger partial charge in [0.15, 0.2) is 0 Å². The molecule has 0 saturated carbocycles. The smallest absolute Gasteiger partial charge is 0.335 e. The summed E-state index contributed by atoms with van der Waals surface area (Å²) in [6.07, 6.45) is 1.49. The Labute approximate surface area is 80.1 Å². The summed E-state index contributed by atoms with van der Waals surface area (Å²) in [5.41, 5.74) is 0.561. The highest BCUT2D eigenvalue weighted by molar-refractivity contribution is 5.89. The van der Waals surface area contributed by atoms with Gasteiger partial charge in [-0.25, -0.2) is 4.79 Å². The van der Waals surface area contributed by atoms with Gasteiger partial charge < -0.3 is 14.9 Å². The van der Waals surface area contributed by atoms with E-state index < -0.39 is 5.97 Å². The number of hydrogen-bond acceptors (Lipinski definition) is 3. The average molecular weight is 192 g/mol. The molecule has 4 heteroatoms. The zero-order valence-corrected chi connectivity index (χ0v) is 7.23. The lowest BCUT2D eigenvalue weighted by Crippen LogP contribution is -2.06. The first kappa shape index (κ1) is 8.62. The minimum atomic E-state index is -1.02. The highest BCUT2D eigenvalue weighted by Crippen LogP contribution is 2.28. The van der Waals surface area contributed by atoms with E-state index in [0.29, 0.717) is 17.9 Å². The maximum atomic E-state index is 10.7. The maximum Gasteiger partial charge on any atom is 0.335 e. The number of carbonyl (C=O) groups is 1. The summed E-state index contributed by atoms with van der Waals surface area (Å²) in [6.45, 7) is 0.311. The van der Waals surface area contributed by atoms with E-state index in [0.717, 1.165) is 0 Å². The number of carboxylic acids is 1. The molecule has 1 aliphatic heterocycles. The van der Waals surface area contributed by atoms with Crippen molar-refractivity contribution in [2.24, 2.45) is 0 Å². The van der Waals surface area contributed by atoms with Crippen LogP contribution in [0.2, 0.25) is 0 Å². The van der Waals surface area contributed by atoms with Crippen LogP contribution in [0.1, 0.15) is 15.9 Å². The molecule has 72 valence electrons. The molecule has 0 fully saturated rings. The van der Waals surface area contributed by atoms with Gasteiger partial charge in [0.05, 0.1) is 11.1 Å². The van der Waals surface area contributed by atoms with E-state index in [4.69, 9.17) is 9.84 Å². The Morgan fingerprint density at radius 3 is 2.93 bits per heavy atom. The van der Waals surface area contributed by atoms with Gasteiger partial charge in [-0.15, -0.1) is 0 Å². The summed E-state index contributed by atoms with van der Waals surface area (Å²) in [4.78, 5) is 10.7. The van der Waals surface area contributed by atoms with Crippen LogP contribution in [-0.2, 0) is 0 Å². The summed E-state index contributed by atoms with van der Waals surface area (Å²) in [5.74, 6) is -0.449. The molecule has 1 heterocycles. The molecule has 2 rings (SSSR count). The van der Waals surface area contributed by atoms with Gasteiger partial charge >= 0.3 is 5.97 Å². The molecule has 0 aliphatic carbocycles. The van der Waals surface area contributed by atoms with Crippen LogP contribution in [0.4, 0.5) is 0 Å². The molecule has 0 unspecified atom stereocenters. The van der Waals surface area contributed by atoms with Gasteiger partial charge in [-0.2, -0.15) is 0 Å². The molecular weight excluding hydrogens is 184 g/mol. The first-order chi connectivity index (χ1) is 6.68. The van der Waals surface area contributed by atoms with Gasteiger partial charge in [0.2, 0.25) is 0 Å². The zero-order valence-electron chi connectivity index (χ0n) is 7.23. The second-order valence-electron chi connectivity index (χ2n) is 2.92. The Morgan fingerprint density at radius 2 is 2.21 bits per heavy atom. The molecule has 0 amide bonds. The van der Waals surface area contributed by atoms with Crippen LogP contribution < -0.4 is 4.74 Å². The average Bonchev–Trinajstić information content (AvgIpc) is 2.18. The number of carboxylic acid groups (broad SMARTS) is 1. The third kappa shape index (κ3) is 1.31. The van der Waals surface area contributed by atoms with Crippen molar-refractivity contribution in [3.05, 3.63) is 35.4 Å². The summed E-state index contributed by atoms with van der Waals surface area (Å²) < 4.78 is 5.20. The van der Waals surface area contributed by atoms with E-state index in [-0.39, 0.29) is 11.3 Å². The minimum absolute atomic E-state index is 0.0642. The van der Waals surface area contributed by atoms with Gasteiger partial charge in [-0.3, -0.25) is 0 Å². The molecular formula is C10H8O4. The first-order valence-electron chi connectivity index (χ1n) is 4.08. The lowest BCUT2D eigenvalue weighted by Gasteiger charge is -2.14. The molecule has 1 aromatic carbocycles. The standard InChI is InChI=1S/C10H8O4/c11-8-3-4-14-9-2-1-6(10(12)13)5-7(8)9/h1-3,5,11H,4H2,(H,12,13). The molecule has 0 saturated heterocycles. The van der Waals surface area contributed by atoms with Crippen molar-refractivity contribution >= 4 is 11.7 Å². The van der Waals surface area contributed by atoms with Gasteiger partial charge in [-0.1, -0.05) is 0 Å². The molecule has 0 aromatic heterocycles. The van der Waals surface area contributed by atoms with Gasteiger partial charge in [0.25, 0.3) is 0 Å². The van der Waals surface area contributed by atoms with E-state index in [9.17, 15) is 9.90 Å². The molecule has 1 aromatic rings. The van der Waals surface area contributed by atoms with Crippen LogP contribution in [0.25, 0.3) is 5.76 Å².